The lowest BCUT2D eigenvalue weighted by Gasteiger charge is -2.16. The third-order valence-corrected chi connectivity index (χ3v) is 6.31. The molecule has 0 amide bonds. The van der Waals surface area contributed by atoms with Crippen LogP contribution in [0.3, 0.4) is 0 Å². The lowest BCUT2D eigenvalue weighted by Crippen LogP contribution is -2.16. The molecule has 0 bridgehead atoms. The molecule has 0 rings (SSSR count). The summed E-state index contributed by atoms with van der Waals surface area (Å²) in [5, 5.41) is 0. The van der Waals surface area contributed by atoms with Gasteiger partial charge in [-0.3, -0.25) is 4.70 Å². The second-order valence-corrected chi connectivity index (χ2v) is 11.8. The van der Waals surface area contributed by atoms with Crippen molar-refractivity contribution < 1.29 is 4.70 Å². The zero-order valence-corrected chi connectivity index (χ0v) is 10.0. The average Bonchev–Trinajstić information content (AvgIpc) is 1.80. The van der Waals surface area contributed by atoms with Crippen molar-refractivity contribution in [3.05, 3.63) is 0 Å². The van der Waals surface area contributed by atoms with E-state index >= 15 is 0 Å². The van der Waals surface area contributed by atoms with Gasteiger partial charge in [-0.25, -0.2) is 0 Å². The Kier molecular flexibility index (Phi) is 8.62. The molecule has 0 heterocycles. The average molecular weight is 240 g/mol. The first kappa shape index (κ1) is 14.5. The summed E-state index contributed by atoms with van der Waals surface area (Å²) in [7, 11) is 0. The lowest BCUT2D eigenvalue weighted by atomic mass is 10.2. The van der Waals surface area contributed by atoms with Crippen LogP contribution in [0.4, 0.5) is 4.70 Å². The van der Waals surface area contributed by atoms with Crippen LogP contribution >= 0.6 is 33.2 Å². The minimum absolute atomic E-state index is 0. The number of rotatable bonds is 4. The predicted octanol–water partition coefficient (Wildman–Crippen LogP) is 4.37. The van der Waals surface area contributed by atoms with Crippen LogP contribution in [-0.4, -0.2) is 6.00 Å². The Morgan fingerprint density at radius 2 is 1.73 bits per heavy atom. The number of halogens is 4. The van der Waals surface area contributed by atoms with E-state index in [0.29, 0.717) is 5.54 Å². The molecule has 0 saturated heterocycles. The molecule has 0 fully saturated rings. The number of hydrogen-bond donors (Lipinski definition) is 0. The maximum absolute atomic E-state index is 5.79. The Hall–Kier alpha value is 1.02. The molecule has 0 nitrogen and oxygen atoms in total. The predicted molar refractivity (Wildman–Crippen MR) is 54.8 cm³/mol. The van der Waals surface area contributed by atoms with Crippen LogP contribution in [0, 0.1) is 0 Å². The van der Waals surface area contributed by atoms with E-state index in [1.807, 2.05) is 6.92 Å². The van der Waals surface area contributed by atoms with Gasteiger partial charge in [-0.1, -0.05) is 26.7 Å². The first-order valence-electron chi connectivity index (χ1n) is 3.55. The fraction of sp³-hybridized carbons (Fsp3) is 1.00. The Labute approximate surface area is 82.7 Å². The highest BCUT2D eigenvalue weighted by Crippen LogP contribution is 2.36. The van der Waals surface area contributed by atoms with Crippen molar-refractivity contribution in [2.45, 2.75) is 38.7 Å². The van der Waals surface area contributed by atoms with Gasteiger partial charge in [0.2, 0.25) is 0 Å². The van der Waals surface area contributed by atoms with Crippen molar-refractivity contribution in [3.63, 3.8) is 0 Å². The molecule has 0 aromatic carbocycles. The molecule has 0 radical (unpaired) electrons. The minimum Gasteiger partial charge on any atom is -0.269 e. The number of unbranched alkanes of at least 4 members (excludes halogenated alkanes) is 1. The van der Waals surface area contributed by atoms with Crippen molar-refractivity contribution in [1.82, 2.24) is 0 Å². The molecule has 0 aliphatic carbocycles. The second kappa shape index (κ2) is 6.52. The molecule has 0 aromatic rings. The molecule has 0 aromatic heterocycles. The SMILES string of the molecule is CCCCC(C)[Si](Cl)(Cl)Cl.F. The van der Waals surface area contributed by atoms with E-state index in [4.69, 9.17) is 33.2 Å². The van der Waals surface area contributed by atoms with E-state index in [9.17, 15) is 0 Å². The van der Waals surface area contributed by atoms with Crippen LogP contribution in [0.15, 0.2) is 0 Å². The molecule has 5 heteroatoms. The van der Waals surface area contributed by atoms with E-state index in [2.05, 4.69) is 6.92 Å². The van der Waals surface area contributed by atoms with Gasteiger partial charge >= 0.3 is 6.00 Å². The Morgan fingerprint density at radius 1 is 1.27 bits per heavy atom. The summed E-state index contributed by atoms with van der Waals surface area (Å²) in [6.45, 7) is 4.17. The molecule has 0 N–H and O–H groups in total. The van der Waals surface area contributed by atoms with E-state index in [1.54, 1.807) is 0 Å². The van der Waals surface area contributed by atoms with E-state index in [-0.39, 0.29) is 4.70 Å². The van der Waals surface area contributed by atoms with E-state index in [1.165, 1.54) is 12.8 Å². The molecule has 0 aliphatic rings. The van der Waals surface area contributed by atoms with Crippen molar-refractivity contribution in [2.24, 2.45) is 0 Å². The van der Waals surface area contributed by atoms with Crippen LogP contribution in [0.2, 0.25) is 5.54 Å². The topological polar surface area (TPSA) is 0 Å². The molecule has 0 aliphatic heterocycles. The van der Waals surface area contributed by atoms with Gasteiger partial charge in [0.05, 0.1) is 0 Å². The zero-order valence-electron chi connectivity index (χ0n) is 6.74. The van der Waals surface area contributed by atoms with Gasteiger partial charge in [0.15, 0.2) is 0 Å². The van der Waals surface area contributed by atoms with Crippen LogP contribution in [0.5, 0.6) is 0 Å². The summed E-state index contributed by atoms with van der Waals surface area (Å²) in [6, 6.07) is -2.38. The monoisotopic (exact) mass is 238 g/mol. The van der Waals surface area contributed by atoms with E-state index in [0.717, 1.165) is 6.42 Å². The molecule has 1 atom stereocenters. The Bertz CT molecular complexity index is 94.3. The van der Waals surface area contributed by atoms with Crippen LogP contribution < -0.4 is 0 Å². The smallest absolute Gasteiger partial charge is 0.269 e. The molecular formula is C6H14Cl3FSi. The summed E-state index contributed by atoms with van der Waals surface area (Å²) in [4.78, 5) is 0. The van der Waals surface area contributed by atoms with Crippen LogP contribution in [-0.2, 0) is 0 Å². The highest BCUT2D eigenvalue weighted by molar-refractivity contribution is 7.65. The molecule has 11 heavy (non-hydrogen) atoms. The third kappa shape index (κ3) is 7.38. The first-order chi connectivity index (χ1) is 4.48. The number of hydrogen-bond acceptors (Lipinski definition) is 0. The molecule has 70 valence electrons. The van der Waals surface area contributed by atoms with Gasteiger partial charge in [0, 0.05) is 0 Å². The fourth-order valence-corrected chi connectivity index (χ4v) is 2.19. The quantitative estimate of drug-likeness (QED) is 0.505. The summed E-state index contributed by atoms with van der Waals surface area (Å²) in [5.41, 5.74) is 0.303. The minimum atomic E-state index is -2.38. The van der Waals surface area contributed by atoms with Crippen molar-refractivity contribution in [3.8, 4) is 0 Å². The zero-order chi connectivity index (χ0) is 8.20. The maximum Gasteiger partial charge on any atom is 0.344 e. The molecule has 1 unspecified atom stereocenters. The lowest BCUT2D eigenvalue weighted by molar-refractivity contribution is 0.696. The van der Waals surface area contributed by atoms with Gasteiger partial charge in [0.25, 0.3) is 0 Å². The van der Waals surface area contributed by atoms with Crippen LogP contribution in [0.1, 0.15) is 33.1 Å². The molecule has 0 spiro atoms. The summed E-state index contributed by atoms with van der Waals surface area (Å²) >= 11 is 17.4. The summed E-state index contributed by atoms with van der Waals surface area (Å²) in [6.07, 6.45) is 3.40. The van der Waals surface area contributed by atoms with Gasteiger partial charge in [0.1, 0.15) is 0 Å². The van der Waals surface area contributed by atoms with E-state index < -0.39 is 6.00 Å². The van der Waals surface area contributed by atoms with Gasteiger partial charge in [-0.15, -0.1) is 33.2 Å². The van der Waals surface area contributed by atoms with Crippen molar-refractivity contribution >= 4 is 39.2 Å². The Morgan fingerprint density at radius 3 is 2.00 bits per heavy atom. The Balaban J connectivity index is 0. The summed E-state index contributed by atoms with van der Waals surface area (Å²) in [5.74, 6) is 0. The van der Waals surface area contributed by atoms with Gasteiger partial charge < -0.3 is 0 Å². The normalized spacial score (nSPS) is 13.9. The van der Waals surface area contributed by atoms with Crippen LogP contribution in [0.25, 0.3) is 0 Å². The second-order valence-electron chi connectivity index (χ2n) is 2.58. The van der Waals surface area contributed by atoms with Crippen molar-refractivity contribution in [1.29, 1.82) is 0 Å². The highest BCUT2D eigenvalue weighted by atomic mass is 35.8. The fourth-order valence-electron chi connectivity index (χ4n) is 0.674. The molecule has 0 saturated carbocycles. The third-order valence-electron chi connectivity index (χ3n) is 1.55. The van der Waals surface area contributed by atoms with Crippen molar-refractivity contribution in [2.75, 3.05) is 0 Å². The molecular weight excluding hydrogens is 226 g/mol. The van der Waals surface area contributed by atoms with Gasteiger partial charge in [-0.05, 0) is 12.0 Å². The first-order valence-corrected chi connectivity index (χ1v) is 8.66. The highest BCUT2D eigenvalue weighted by Gasteiger charge is 2.32. The summed E-state index contributed by atoms with van der Waals surface area (Å²) < 4.78 is 0. The largest absolute Gasteiger partial charge is 0.344 e. The van der Waals surface area contributed by atoms with Gasteiger partial charge in [-0.2, -0.15) is 0 Å². The standard InChI is InChI=1S/C6H13Cl3Si.FH/c1-3-4-5-6(2)10(7,8)9;/h6H,3-5H2,1-2H3;1H. The maximum atomic E-state index is 5.79.